The summed E-state index contributed by atoms with van der Waals surface area (Å²) in [5, 5.41) is 3.34. The van der Waals surface area contributed by atoms with Gasteiger partial charge in [0.05, 0.1) is 0 Å². The Morgan fingerprint density at radius 3 is 2.41 bits per heavy atom. The molecule has 3 rings (SSSR count). The molecule has 0 aromatic heterocycles. The van der Waals surface area contributed by atoms with Crippen LogP contribution in [0.5, 0.6) is 5.75 Å². The fourth-order valence-corrected chi connectivity index (χ4v) is 4.13. The lowest BCUT2D eigenvalue weighted by Crippen LogP contribution is -2.51. The predicted molar refractivity (Wildman–Crippen MR) is 105 cm³/mol. The predicted octanol–water partition coefficient (Wildman–Crippen LogP) is 2.29. The Bertz CT molecular complexity index is 651. The molecule has 2 aliphatic rings. The summed E-state index contributed by atoms with van der Waals surface area (Å²) in [6.07, 6.45) is 3.28. The van der Waals surface area contributed by atoms with Crippen molar-refractivity contribution in [2.24, 2.45) is 0 Å². The van der Waals surface area contributed by atoms with Crippen molar-refractivity contribution in [1.82, 2.24) is 15.1 Å². The number of amides is 2. The number of nitrogens with zero attached hydrogens (tertiary/aromatic N) is 2. The molecule has 0 bridgehead atoms. The van der Waals surface area contributed by atoms with Crippen LogP contribution in [0.2, 0.25) is 0 Å². The molecule has 0 spiro atoms. The Balaban J connectivity index is 1.54. The van der Waals surface area contributed by atoms with Crippen molar-refractivity contribution in [2.75, 3.05) is 26.2 Å². The van der Waals surface area contributed by atoms with Crippen LogP contribution in [0, 0.1) is 0 Å². The quantitative estimate of drug-likeness (QED) is 0.880. The molecule has 2 heterocycles. The van der Waals surface area contributed by atoms with Crippen LogP contribution in [-0.2, 0) is 4.79 Å². The molecule has 148 valence electrons. The van der Waals surface area contributed by atoms with E-state index < -0.39 is 0 Å². The third-order valence-corrected chi connectivity index (χ3v) is 5.60. The van der Waals surface area contributed by atoms with Crippen LogP contribution in [0.1, 0.15) is 50.4 Å². The number of hydrogen-bond acceptors (Lipinski definition) is 4. The lowest BCUT2D eigenvalue weighted by molar-refractivity contribution is -0.139. The van der Waals surface area contributed by atoms with Crippen molar-refractivity contribution in [3.8, 4) is 5.75 Å². The second kappa shape index (κ2) is 8.74. The first-order valence-electron chi connectivity index (χ1n) is 10.0. The fraction of sp³-hybridized carbons (Fsp3) is 0.619. The first kappa shape index (κ1) is 19.7. The first-order valence-corrected chi connectivity index (χ1v) is 10.0. The maximum absolute atomic E-state index is 12.6. The van der Waals surface area contributed by atoms with Crippen molar-refractivity contribution in [1.29, 1.82) is 0 Å². The van der Waals surface area contributed by atoms with E-state index in [0.717, 1.165) is 32.5 Å². The lowest BCUT2D eigenvalue weighted by Gasteiger charge is -2.38. The van der Waals surface area contributed by atoms with E-state index in [1.165, 1.54) is 6.42 Å². The Kier molecular flexibility index (Phi) is 6.37. The lowest BCUT2D eigenvalue weighted by atomic mass is 9.97. The summed E-state index contributed by atoms with van der Waals surface area (Å²) in [6, 6.07) is 7.96. The highest BCUT2D eigenvalue weighted by atomic mass is 16.5. The van der Waals surface area contributed by atoms with Gasteiger partial charge in [-0.1, -0.05) is 0 Å². The normalized spacial score (nSPS) is 26.0. The molecule has 27 heavy (non-hydrogen) atoms. The van der Waals surface area contributed by atoms with E-state index in [0.29, 0.717) is 17.4 Å². The highest BCUT2D eigenvalue weighted by Crippen LogP contribution is 2.23. The van der Waals surface area contributed by atoms with E-state index in [1.54, 1.807) is 24.3 Å². The number of hydrogen-bond donors (Lipinski definition) is 1. The van der Waals surface area contributed by atoms with Gasteiger partial charge in [0, 0.05) is 43.3 Å². The highest BCUT2D eigenvalue weighted by Gasteiger charge is 2.29. The Morgan fingerprint density at radius 2 is 1.78 bits per heavy atom. The van der Waals surface area contributed by atoms with Crippen molar-refractivity contribution in [3.05, 3.63) is 29.8 Å². The molecule has 2 saturated heterocycles. The Labute approximate surface area is 161 Å². The van der Waals surface area contributed by atoms with Gasteiger partial charge in [-0.15, -0.1) is 0 Å². The van der Waals surface area contributed by atoms with Crippen molar-refractivity contribution < 1.29 is 14.3 Å². The van der Waals surface area contributed by atoms with E-state index in [-0.39, 0.29) is 30.5 Å². The molecule has 3 atom stereocenters. The van der Waals surface area contributed by atoms with Crippen LogP contribution in [-0.4, -0.2) is 66.0 Å². The molecule has 6 heteroatoms. The smallest absolute Gasteiger partial charge is 0.260 e. The summed E-state index contributed by atoms with van der Waals surface area (Å²) in [7, 11) is 0. The minimum atomic E-state index is 0.0321. The molecular weight excluding hydrogens is 342 g/mol. The first-order chi connectivity index (χ1) is 13.0. The molecule has 2 fully saturated rings. The number of piperazine rings is 1. The van der Waals surface area contributed by atoms with Gasteiger partial charge >= 0.3 is 0 Å². The van der Waals surface area contributed by atoms with E-state index in [2.05, 4.69) is 26.1 Å². The van der Waals surface area contributed by atoms with Gasteiger partial charge in [0.1, 0.15) is 5.75 Å². The van der Waals surface area contributed by atoms with E-state index in [9.17, 15) is 9.59 Å². The number of benzene rings is 1. The third-order valence-electron chi connectivity index (χ3n) is 5.60. The molecule has 0 saturated carbocycles. The Hall–Kier alpha value is -2.08. The number of ether oxygens (including phenoxy) is 1. The molecule has 1 aromatic carbocycles. The largest absolute Gasteiger partial charge is 0.484 e. The molecule has 0 aliphatic carbocycles. The molecule has 0 radical (unpaired) electrons. The maximum atomic E-state index is 12.6. The van der Waals surface area contributed by atoms with Crippen LogP contribution in [0.4, 0.5) is 0 Å². The van der Waals surface area contributed by atoms with E-state index in [1.807, 2.05) is 9.80 Å². The summed E-state index contributed by atoms with van der Waals surface area (Å²) < 4.78 is 5.69. The van der Waals surface area contributed by atoms with Crippen molar-refractivity contribution in [2.45, 2.75) is 58.2 Å². The Morgan fingerprint density at radius 1 is 1.11 bits per heavy atom. The summed E-state index contributed by atoms with van der Waals surface area (Å²) in [4.78, 5) is 29.0. The molecule has 2 amide bonds. The van der Waals surface area contributed by atoms with Crippen LogP contribution in [0.25, 0.3) is 0 Å². The van der Waals surface area contributed by atoms with Gasteiger partial charge < -0.3 is 19.9 Å². The second-order valence-corrected chi connectivity index (χ2v) is 7.85. The van der Waals surface area contributed by atoms with Crippen LogP contribution in [0.3, 0.4) is 0 Å². The molecular formula is C21H31N3O3. The van der Waals surface area contributed by atoms with Gasteiger partial charge in [-0.3, -0.25) is 9.59 Å². The molecule has 1 N–H and O–H groups in total. The molecule has 3 unspecified atom stereocenters. The second-order valence-electron chi connectivity index (χ2n) is 7.85. The average Bonchev–Trinajstić information content (AvgIpc) is 2.66. The number of likely N-dealkylation sites (tertiary alicyclic amines) is 1. The number of carbonyl (C=O) groups is 2. The number of rotatable bonds is 4. The van der Waals surface area contributed by atoms with Gasteiger partial charge in [-0.05, 0) is 64.3 Å². The highest BCUT2D eigenvalue weighted by molar-refractivity contribution is 5.94. The van der Waals surface area contributed by atoms with Crippen molar-refractivity contribution in [3.63, 3.8) is 0 Å². The topological polar surface area (TPSA) is 61.9 Å². The fourth-order valence-electron chi connectivity index (χ4n) is 4.13. The maximum Gasteiger partial charge on any atom is 0.260 e. The minimum Gasteiger partial charge on any atom is -0.484 e. The van der Waals surface area contributed by atoms with Gasteiger partial charge in [-0.2, -0.15) is 0 Å². The summed E-state index contributed by atoms with van der Waals surface area (Å²) in [6.45, 7) is 8.59. The number of carbonyl (C=O) groups excluding carboxylic acids is 2. The summed E-state index contributed by atoms with van der Waals surface area (Å²) >= 11 is 0. The third kappa shape index (κ3) is 4.80. The van der Waals surface area contributed by atoms with E-state index >= 15 is 0 Å². The van der Waals surface area contributed by atoms with Crippen LogP contribution in [0.15, 0.2) is 24.3 Å². The monoisotopic (exact) mass is 373 g/mol. The zero-order valence-corrected chi connectivity index (χ0v) is 16.6. The molecule has 6 nitrogen and oxygen atoms in total. The zero-order chi connectivity index (χ0) is 19.4. The van der Waals surface area contributed by atoms with Gasteiger partial charge in [-0.25, -0.2) is 0 Å². The zero-order valence-electron chi connectivity index (χ0n) is 16.6. The van der Waals surface area contributed by atoms with E-state index in [4.69, 9.17) is 4.74 Å². The van der Waals surface area contributed by atoms with Gasteiger partial charge in [0.2, 0.25) is 0 Å². The number of nitrogens with one attached hydrogen (secondary N) is 1. The van der Waals surface area contributed by atoms with Gasteiger partial charge in [0.25, 0.3) is 11.8 Å². The standard InChI is InChI=1S/C21H31N3O3/c1-15-13-23(12-11-22-15)21(26)18-7-9-19(10-8-18)27-14-20(25)24-16(2)5-4-6-17(24)3/h7-10,15-17,22H,4-6,11-14H2,1-3H3. The number of piperidine rings is 1. The SMILES string of the molecule is CC1CN(C(=O)c2ccc(OCC(=O)N3C(C)CCCC3C)cc2)CCN1. The summed E-state index contributed by atoms with van der Waals surface area (Å²) in [5.74, 6) is 0.692. The van der Waals surface area contributed by atoms with Crippen LogP contribution >= 0.6 is 0 Å². The summed E-state index contributed by atoms with van der Waals surface area (Å²) in [5.41, 5.74) is 0.654. The molecule has 2 aliphatic heterocycles. The minimum absolute atomic E-state index is 0.0321. The van der Waals surface area contributed by atoms with Crippen molar-refractivity contribution >= 4 is 11.8 Å². The van der Waals surface area contributed by atoms with Crippen LogP contribution < -0.4 is 10.1 Å². The average molecular weight is 373 g/mol. The van der Waals surface area contributed by atoms with Gasteiger partial charge in [0.15, 0.2) is 6.61 Å². The molecule has 1 aromatic rings.